The summed E-state index contributed by atoms with van der Waals surface area (Å²) < 4.78 is 6.40. The minimum Gasteiger partial charge on any atom is -0.468 e. The number of thiazole rings is 1. The Labute approximate surface area is 120 Å². The third kappa shape index (κ3) is 2.72. The van der Waals surface area contributed by atoms with E-state index in [-0.39, 0.29) is 12.5 Å². The predicted molar refractivity (Wildman–Crippen MR) is 75.3 cm³/mol. The largest absolute Gasteiger partial charge is 0.468 e. The van der Waals surface area contributed by atoms with Gasteiger partial charge in [0.15, 0.2) is 5.13 Å². The molecule has 6 nitrogen and oxygen atoms in total. The number of esters is 1. The molecule has 2 rings (SSSR count). The molecule has 2 aromatic heterocycles. The van der Waals surface area contributed by atoms with E-state index in [1.807, 2.05) is 23.8 Å². The number of nitrogens with one attached hydrogen (secondary N) is 1. The monoisotopic (exact) mass is 293 g/mol. The number of hydrogen-bond acceptors (Lipinski definition) is 5. The van der Waals surface area contributed by atoms with Crippen molar-refractivity contribution in [1.82, 2.24) is 14.9 Å². The normalized spacial score (nSPS) is 10.3. The summed E-state index contributed by atoms with van der Waals surface area (Å²) in [4.78, 5) is 27.4. The lowest BCUT2D eigenvalue weighted by atomic mass is 10.2. The van der Waals surface area contributed by atoms with Crippen LogP contribution >= 0.6 is 11.3 Å². The van der Waals surface area contributed by atoms with E-state index in [2.05, 4.69) is 15.0 Å². The number of rotatable bonds is 4. The number of amides is 1. The van der Waals surface area contributed by atoms with Gasteiger partial charge in [-0.15, -0.1) is 11.3 Å². The van der Waals surface area contributed by atoms with E-state index in [0.29, 0.717) is 5.56 Å². The Bertz CT molecular complexity index is 632. The van der Waals surface area contributed by atoms with Gasteiger partial charge in [-0.1, -0.05) is 0 Å². The van der Waals surface area contributed by atoms with Gasteiger partial charge < -0.3 is 10.1 Å². The molecule has 20 heavy (non-hydrogen) atoms. The van der Waals surface area contributed by atoms with Crippen LogP contribution in [0.4, 0.5) is 0 Å². The molecule has 7 heteroatoms. The molecule has 0 saturated carbocycles. The molecule has 0 bridgehead atoms. The van der Waals surface area contributed by atoms with Crippen LogP contribution < -0.4 is 5.32 Å². The molecule has 106 valence electrons. The fourth-order valence-electron chi connectivity index (χ4n) is 1.93. The van der Waals surface area contributed by atoms with Gasteiger partial charge in [-0.2, -0.15) is 0 Å². The van der Waals surface area contributed by atoms with E-state index in [9.17, 15) is 9.59 Å². The number of aryl methyl sites for hydroxylation is 1. The molecule has 0 spiro atoms. The summed E-state index contributed by atoms with van der Waals surface area (Å²) >= 11 is 1.50. The van der Waals surface area contributed by atoms with Gasteiger partial charge in [-0.25, -0.2) is 4.98 Å². The first-order chi connectivity index (χ1) is 9.54. The first-order valence-corrected chi connectivity index (χ1v) is 6.86. The summed E-state index contributed by atoms with van der Waals surface area (Å²) in [5, 5.41) is 5.22. The van der Waals surface area contributed by atoms with Gasteiger partial charge in [0.05, 0.1) is 12.7 Å². The summed E-state index contributed by atoms with van der Waals surface area (Å²) in [7, 11) is 1.28. The Kier molecular flexibility index (Phi) is 4.19. The topological polar surface area (TPSA) is 73.2 Å². The fourth-order valence-corrected chi connectivity index (χ4v) is 2.68. The third-order valence-corrected chi connectivity index (χ3v) is 3.66. The molecular formula is C13H15N3O3S. The molecule has 0 fully saturated rings. The number of carbonyl (C=O) groups excluding carboxylic acids is 2. The zero-order chi connectivity index (χ0) is 14.7. The lowest BCUT2D eigenvalue weighted by Crippen LogP contribution is -2.30. The van der Waals surface area contributed by atoms with Crippen molar-refractivity contribution in [2.45, 2.75) is 13.8 Å². The first kappa shape index (κ1) is 14.3. The Morgan fingerprint density at radius 3 is 2.80 bits per heavy atom. The van der Waals surface area contributed by atoms with Crippen molar-refractivity contribution in [3.05, 3.63) is 34.6 Å². The standard InChI is InChI=1S/C13H15N3O3S/c1-8-6-10(12(18)15-7-11(17)19-3)9(2)16(8)13-14-4-5-20-13/h4-6H,7H2,1-3H3,(H,15,18). The van der Waals surface area contributed by atoms with Crippen LogP contribution in [0.25, 0.3) is 5.13 Å². The van der Waals surface area contributed by atoms with Crippen molar-refractivity contribution < 1.29 is 14.3 Å². The van der Waals surface area contributed by atoms with Gasteiger partial charge >= 0.3 is 5.97 Å². The van der Waals surface area contributed by atoms with Crippen LogP contribution in [-0.2, 0) is 9.53 Å². The molecule has 0 aromatic carbocycles. The van der Waals surface area contributed by atoms with Gasteiger partial charge in [0.1, 0.15) is 6.54 Å². The van der Waals surface area contributed by atoms with Gasteiger partial charge in [-0.3, -0.25) is 14.2 Å². The molecule has 0 radical (unpaired) electrons. The molecule has 0 aliphatic heterocycles. The van der Waals surface area contributed by atoms with Crippen molar-refractivity contribution >= 4 is 23.2 Å². The second kappa shape index (κ2) is 5.87. The minimum atomic E-state index is -0.480. The lowest BCUT2D eigenvalue weighted by Gasteiger charge is -2.06. The van der Waals surface area contributed by atoms with E-state index < -0.39 is 5.97 Å². The van der Waals surface area contributed by atoms with Gasteiger partial charge in [0.25, 0.3) is 5.91 Å². The molecule has 0 aliphatic carbocycles. The number of methoxy groups -OCH3 is 1. The predicted octanol–water partition coefficient (Wildman–Crippen LogP) is 1.45. The highest BCUT2D eigenvalue weighted by molar-refractivity contribution is 7.12. The fraction of sp³-hybridized carbons (Fsp3) is 0.308. The average Bonchev–Trinajstić information content (AvgIpc) is 3.03. The molecule has 2 heterocycles. The van der Waals surface area contributed by atoms with Crippen LogP contribution in [0.3, 0.4) is 0 Å². The maximum atomic E-state index is 12.1. The van der Waals surface area contributed by atoms with Crippen LogP contribution in [0.15, 0.2) is 17.6 Å². The molecule has 0 aliphatic rings. The van der Waals surface area contributed by atoms with Crippen molar-refractivity contribution in [2.75, 3.05) is 13.7 Å². The van der Waals surface area contributed by atoms with Crippen LogP contribution in [0.5, 0.6) is 0 Å². The lowest BCUT2D eigenvalue weighted by molar-refractivity contribution is -0.139. The summed E-state index contributed by atoms with van der Waals surface area (Å²) in [6, 6.07) is 1.78. The zero-order valence-corrected chi connectivity index (χ0v) is 12.3. The molecule has 0 unspecified atom stereocenters. The highest BCUT2D eigenvalue weighted by Crippen LogP contribution is 2.22. The summed E-state index contributed by atoms with van der Waals surface area (Å²) in [6.45, 7) is 3.61. The van der Waals surface area contributed by atoms with Crippen LogP contribution in [0, 0.1) is 13.8 Å². The number of aromatic nitrogens is 2. The van der Waals surface area contributed by atoms with E-state index in [0.717, 1.165) is 16.5 Å². The summed E-state index contributed by atoms with van der Waals surface area (Å²) in [5.74, 6) is -0.779. The van der Waals surface area contributed by atoms with E-state index in [1.165, 1.54) is 18.4 Å². The second-order valence-corrected chi connectivity index (χ2v) is 5.07. The Morgan fingerprint density at radius 2 is 2.20 bits per heavy atom. The average molecular weight is 293 g/mol. The highest BCUT2D eigenvalue weighted by atomic mass is 32.1. The second-order valence-electron chi connectivity index (χ2n) is 4.19. The Morgan fingerprint density at radius 1 is 1.45 bits per heavy atom. The first-order valence-electron chi connectivity index (χ1n) is 5.98. The van der Waals surface area contributed by atoms with Gasteiger partial charge in [0.2, 0.25) is 0 Å². The molecule has 1 N–H and O–H groups in total. The van der Waals surface area contributed by atoms with E-state index >= 15 is 0 Å². The van der Waals surface area contributed by atoms with Crippen LogP contribution in [0.2, 0.25) is 0 Å². The van der Waals surface area contributed by atoms with Crippen LogP contribution in [-0.4, -0.2) is 35.1 Å². The van der Waals surface area contributed by atoms with Crippen molar-refractivity contribution in [3.8, 4) is 5.13 Å². The highest BCUT2D eigenvalue weighted by Gasteiger charge is 2.18. The molecule has 1 amide bonds. The quantitative estimate of drug-likeness (QED) is 0.866. The molecular weight excluding hydrogens is 278 g/mol. The smallest absolute Gasteiger partial charge is 0.325 e. The van der Waals surface area contributed by atoms with Gasteiger partial charge in [0, 0.05) is 23.0 Å². The maximum Gasteiger partial charge on any atom is 0.325 e. The van der Waals surface area contributed by atoms with Gasteiger partial charge in [-0.05, 0) is 19.9 Å². The number of ether oxygens (including phenoxy) is 1. The zero-order valence-electron chi connectivity index (χ0n) is 11.5. The summed E-state index contributed by atoms with van der Waals surface area (Å²) in [5.41, 5.74) is 2.24. The maximum absolute atomic E-state index is 12.1. The molecule has 2 aromatic rings. The van der Waals surface area contributed by atoms with E-state index in [1.54, 1.807) is 12.3 Å². The van der Waals surface area contributed by atoms with Crippen molar-refractivity contribution in [1.29, 1.82) is 0 Å². The van der Waals surface area contributed by atoms with Crippen LogP contribution in [0.1, 0.15) is 21.7 Å². The summed E-state index contributed by atoms with van der Waals surface area (Å²) in [6.07, 6.45) is 1.72. The Hall–Kier alpha value is -2.15. The number of hydrogen-bond donors (Lipinski definition) is 1. The SMILES string of the molecule is COC(=O)CNC(=O)c1cc(C)n(-c2nccs2)c1C. The van der Waals surface area contributed by atoms with E-state index in [4.69, 9.17) is 0 Å². The third-order valence-electron chi connectivity index (χ3n) is 2.91. The van der Waals surface area contributed by atoms with Crippen molar-refractivity contribution in [3.63, 3.8) is 0 Å². The minimum absolute atomic E-state index is 0.143. The molecule has 0 saturated heterocycles. The van der Waals surface area contributed by atoms with Crippen molar-refractivity contribution in [2.24, 2.45) is 0 Å². The number of carbonyl (C=O) groups is 2. The number of nitrogens with zero attached hydrogens (tertiary/aromatic N) is 2. The molecule has 0 atom stereocenters. The Balaban J connectivity index is 2.24.